The van der Waals surface area contributed by atoms with Crippen LogP contribution in [0, 0.1) is 5.92 Å². The highest BCUT2D eigenvalue weighted by molar-refractivity contribution is 5.27. The van der Waals surface area contributed by atoms with Crippen molar-refractivity contribution in [2.24, 2.45) is 11.7 Å². The first kappa shape index (κ1) is 14.4. The fourth-order valence-corrected chi connectivity index (χ4v) is 3.18. The van der Waals surface area contributed by atoms with Crippen molar-refractivity contribution in [3.8, 4) is 5.75 Å². The van der Waals surface area contributed by atoms with Gasteiger partial charge in [0.25, 0.3) is 0 Å². The molecule has 106 valence electrons. The largest absolute Gasteiger partial charge is 0.497 e. The van der Waals surface area contributed by atoms with Crippen molar-refractivity contribution in [1.82, 2.24) is 0 Å². The van der Waals surface area contributed by atoms with Gasteiger partial charge in [0.1, 0.15) is 5.75 Å². The summed E-state index contributed by atoms with van der Waals surface area (Å²) in [5.74, 6) is 1.77. The molecule has 1 aromatic carbocycles. The Morgan fingerprint density at radius 2 is 1.74 bits per heavy atom. The molecule has 1 saturated carbocycles. The zero-order valence-corrected chi connectivity index (χ0v) is 12.1. The maximum absolute atomic E-state index is 6.33. The van der Waals surface area contributed by atoms with E-state index in [9.17, 15) is 0 Å². The van der Waals surface area contributed by atoms with Gasteiger partial charge in [-0.05, 0) is 36.5 Å². The third-order valence-electron chi connectivity index (χ3n) is 4.27. The Bertz CT molecular complexity index is 352. The topological polar surface area (TPSA) is 35.2 Å². The predicted octanol–water partition coefficient (Wildman–Crippen LogP) is 3.93. The number of ether oxygens (including phenoxy) is 1. The van der Waals surface area contributed by atoms with Gasteiger partial charge in [-0.3, -0.25) is 0 Å². The normalized spacial score (nSPS) is 18.8. The minimum absolute atomic E-state index is 0.302. The molecule has 2 heteroatoms. The molecule has 0 aromatic heterocycles. The fraction of sp³-hybridized carbons (Fsp3) is 0.647. The molecule has 1 aliphatic rings. The van der Waals surface area contributed by atoms with Gasteiger partial charge in [-0.15, -0.1) is 0 Å². The van der Waals surface area contributed by atoms with Gasteiger partial charge >= 0.3 is 0 Å². The first-order valence-corrected chi connectivity index (χ1v) is 7.66. The summed E-state index contributed by atoms with van der Waals surface area (Å²) in [4.78, 5) is 0. The second-order valence-electron chi connectivity index (χ2n) is 5.91. The lowest BCUT2D eigenvalue weighted by Gasteiger charge is -2.19. The smallest absolute Gasteiger partial charge is 0.118 e. The van der Waals surface area contributed by atoms with Crippen molar-refractivity contribution in [2.75, 3.05) is 7.11 Å². The molecule has 1 unspecified atom stereocenters. The molecule has 1 atom stereocenters. The molecule has 1 fully saturated rings. The Labute approximate surface area is 117 Å². The van der Waals surface area contributed by atoms with Crippen molar-refractivity contribution in [2.45, 2.75) is 57.4 Å². The lowest BCUT2D eigenvalue weighted by Crippen LogP contribution is -2.26. The van der Waals surface area contributed by atoms with Crippen LogP contribution in [0.15, 0.2) is 24.3 Å². The molecule has 0 saturated heterocycles. The maximum atomic E-state index is 6.33. The molecule has 2 rings (SSSR count). The molecular weight excluding hydrogens is 234 g/mol. The molecule has 1 aromatic rings. The molecule has 0 aliphatic heterocycles. The maximum Gasteiger partial charge on any atom is 0.118 e. The molecule has 2 N–H and O–H groups in total. The van der Waals surface area contributed by atoms with Gasteiger partial charge < -0.3 is 10.5 Å². The quantitative estimate of drug-likeness (QED) is 0.815. The van der Waals surface area contributed by atoms with Crippen molar-refractivity contribution < 1.29 is 4.74 Å². The van der Waals surface area contributed by atoms with Crippen LogP contribution >= 0.6 is 0 Å². The van der Waals surface area contributed by atoms with Crippen LogP contribution in [0.5, 0.6) is 5.75 Å². The Morgan fingerprint density at radius 1 is 1.11 bits per heavy atom. The highest BCUT2D eigenvalue weighted by Crippen LogP contribution is 2.26. The lowest BCUT2D eigenvalue weighted by atomic mass is 9.90. The van der Waals surface area contributed by atoms with E-state index in [2.05, 4.69) is 12.1 Å². The summed E-state index contributed by atoms with van der Waals surface area (Å²) in [6, 6.07) is 8.61. The van der Waals surface area contributed by atoms with Crippen LogP contribution in [-0.2, 0) is 6.42 Å². The summed E-state index contributed by atoms with van der Waals surface area (Å²) in [6.45, 7) is 0. The number of hydrogen-bond acceptors (Lipinski definition) is 2. The summed E-state index contributed by atoms with van der Waals surface area (Å²) in [5, 5.41) is 0. The van der Waals surface area contributed by atoms with E-state index in [1.807, 2.05) is 12.1 Å². The van der Waals surface area contributed by atoms with E-state index in [4.69, 9.17) is 10.5 Å². The van der Waals surface area contributed by atoms with Gasteiger partial charge in [-0.25, -0.2) is 0 Å². The standard InChI is InChI=1S/C17H27NO/c1-19-17-10-8-15(9-11-17)13-16(18)12-14-6-4-2-3-5-7-14/h8-11,14,16H,2-7,12-13,18H2,1H3. The average molecular weight is 261 g/mol. The zero-order chi connectivity index (χ0) is 13.5. The van der Waals surface area contributed by atoms with Crippen LogP contribution in [0.1, 0.15) is 50.5 Å². The van der Waals surface area contributed by atoms with Gasteiger partial charge in [0.05, 0.1) is 7.11 Å². The van der Waals surface area contributed by atoms with Crippen LogP contribution in [0.2, 0.25) is 0 Å². The number of methoxy groups -OCH3 is 1. The molecule has 0 bridgehead atoms. The van der Waals surface area contributed by atoms with E-state index in [0.29, 0.717) is 6.04 Å². The fourth-order valence-electron chi connectivity index (χ4n) is 3.18. The predicted molar refractivity (Wildman–Crippen MR) is 80.5 cm³/mol. The Hall–Kier alpha value is -1.02. The average Bonchev–Trinajstić information content (AvgIpc) is 2.68. The molecular formula is C17H27NO. The third kappa shape index (κ3) is 4.87. The first-order chi connectivity index (χ1) is 9.28. The van der Waals surface area contributed by atoms with Gasteiger partial charge in [0, 0.05) is 6.04 Å². The van der Waals surface area contributed by atoms with E-state index in [1.54, 1.807) is 7.11 Å². The molecule has 0 radical (unpaired) electrons. The highest BCUT2D eigenvalue weighted by atomic mass is 16.5. The lowest BCUT2D eigenvalue weighted by molar-refractivity contribution is 0.387. The van der Waals surface area contributed by atoms with Crippen LogP contribution in [0.4, 0.5) is 0 Å². The van der Waals surface area contributed by atoms with Crippen LogP contribution in [-0.4, -0.2) is 13.2 Å². The minimum atomic E-state index is 0.302. The van der Waals surface area contributed by atoms with Crippen molar-refractivity contribution in [3.63, 3.8) is 0 Å². The summed E-state index contributed by atoms with van der Waals surface area (Å²) >= 11 is 0. The Balaban J connectivity index is 1.80. The number of nitrogens with two attached hydrogens (primary N) is 1. The Kier molecular flexibility index (Phi) is 5.71. The Morgan fingerprint density at radius 3 is 2.32 bits per heavy atom. The monoisotopic (exact) mass is 261 g/mol. The number of rotatable bonds is 5. The summed E-state index contributed by atoms with van der Waals surface area (Å²) in [7, 11) is 1.70. The van der Waals surface area contributed by atoms with Crippen molar-refractivity contribution in [1.29, 1.82) is 0 Å². The molecule has 0 spiro atoms. The first-order valence-electron chi connectivity index (χ1n) is 7.66. The van der Waals surface area contributed by atoms with Gasteiger partial charge in [-0.1, -0.05) is 50.7 Å². The van der Waals surface area contributed by atoms with Crippen LogP contribution in [0.3, 0.4) is 0 Å². The summed E-state index contributed by atoms with van der Waals surface area (Å²) in [6.07, 6.45) is 10.6. The van der Waals surface area contributed by atoms with Crippen molar-refractivity contribution in [3.05, 3.63) is 29.8 Å². The van der Waals surface area contributed by atoms with E-state index >= 15 is 0 Å². The van der Waals surface area contributed by atoms with Crippen LogP contribution in [0.25, 0.3) is 0 Å². The molecule has 2 nitrogen and oxygen atoms in total. The third-order valence-corrected chi connectivity index (χ3v) is 4.27. The second kappa shape index (κ2) is 7.54. The molecule has 1 aliphatic carbocycles. The zero-order valence-electron chi connectivity index (χ0n) is 12.1. The SMILES string of the molecule is COc1ccc(CC(N)CC2CCCCCC2)cc1. The van der Waals surface area contributed by atoms with Crippen LogP contribution < -0.4 is 10.5 Å². The van der Waals surface area contributed by atoms with Crippen molar-refractivity contribution >= 4 is 0 Å². The number of hydrogen-bond donors (Lipinski definition) is 1. The number of benzene rings is 1. The van der Waals surface area contributed by atoms with Gasteiger partial charge in [0.2, 0.25) is 0 Å². The summed E-state index contributed by atoms with van der Waals surface area (Å²) in [5.41, 5.74) is 7.65. The van der Waals surface area contributed by atoms with E-state index in [1.165, 1.54) is 50.5 Å². The molecule has 0 amide bonds. The minimum Gasteiger partial charge on any atom is -0.497 e. The van der Waals surface area contributed by atoms with E-state index in [-0.39, 0.29) is 0 Å². The van der Waals surface area contributed by atoms with E-state index in [0.717, 1.165) is 18.1 Å². The van der Waals surface area contributed by atoms with E-state index < -0.39 is 0 Å². The highest BCUT2D eigenvalue weighted by Gasteiger charge is 2.16. The second-order valence-corrected chi connectivity index (χ2v) is 5.91. The van der Waals surface area contributed by atoms with Gasteiger partial charge in [0.15, 0.2) is 0 Å². The molecule has 0 heterocycles. The molecule has 19 heavy (non-hydrogen) atoms. The van der Waals surface area contributed by atoms with Gasteiger partial charge in [-0.2, -0.15) is 0 Å². The summed E-state index contributed by atoms with van der Waals surface area (Å²) < 4.78 is 5.18.